The maximum absolute atomic E-state index is 3.73. The number of hydrogen-bond donors (Lipinski definition) is 1. The molecular weight excluding hydrogens is 347 g/mol. The number of nitrogens with zero attached hydrogens (tertiary/aromatic N) is 1. The van der Waals surface area contributed by atoms with Gasteiger partial charge in [-0.05, 0) is 47.1 Å². The molecule has 0 spiro atoms. The second kappa shape index (κ2) is 6.93. The summed E-state index contributed by atoms with van der Waals surface area (Å²) in [6.45, 7) is 9.17. The average Bonchev–Trinajstić information content (AvgIpc) is 2.39. The number of halogens is 1. The van der Waals surface area contributed by atoms with Crippen LogP contribution in [0.15, 0.2) is 24.3 Å². The van der Waals surface area contributed by atoms with E-state index in [1.54, 1.807) is 0 Å². The van der Waals surface area contributed by atoms with E-state index in [1.807, 2.05) is 0 Å². The Morgan fingerprint density at radius 1 is 1.37 bits per heavy atom. The molecule has 0 aromatic heterocycles. The van der Waals surface area contributed by atoms with Crippen molar-refractivity contribution in [3.8, 4) is 0 Å². The molecule has 0 aliphatic carbocycles. The molecule has 0 amide bonds. The molecule has 2 nitrogen and oxygen atoms in total. The number of hydrogen-bond acceptors (Lipinski definition) is 2. The van der Waals surface area contributed by atoms with Crippen LogP contribution in [0.25, 0.3) is 0 Å². The summed E-state index contributed by atoms with van der Waals surface area (Å²) in [7, 11) is 0. The fourth-order valence-electron chi connectivity index (χ4n) is 2.93. The summed E-state index contributed by atoms with van der Waals surface area (Å²) in [6.07, 6.45) is 2.52. The van der Waals surface area contributed by atoms with Crippen LogP contribution in [0.4, 0.5) is 5.69 Å². The first-order valence-corrected chi connectivity index (χ1v) is 8.46. The van der Waals surface area contributed by atoms with Crippen molar-refractivity contribution in [2.24, 2.45) is 5.92 Å². The molecule has 1 N–H and O–H groups in total. The van der Waals surface area contributed by atoms with Crippen molar-refractivity contribution in [2.75, 3.05) is 18.0 Å². The Morgan fingerprint density at radius 3 is 2.74 bits per heavy atom. The molecule has 1 heterocycles. The third-order valence-electron chi connectivity index (χ3n) is 4.00. The van der Waals surface area contributed by atoms with Gasteiger partial charge in [-0.3, -0.25) is 0 Å². The highest BCUT2D eigenvalue weighted by Gasteiger charge is 2.30. The summed E-state index contributed by atoms with van der Waals surface area (Å²) in [5.74, 6) is 0.672. The molecule has 1 fully saturated rings. The van der Waals surface area contributed by atoms with Gasteiger partial charge in [0.15, 0.2) is 0 Å². The van der Waals surface area contributed by atoms with E-state index in [0.29, 0.717) is 18.0 Å². The predicted octanol–water partition coefficient (Wildman–Crippen LogP) is 3.89. The number of piperazine rings is 1. The van der Waals surface area contributed by atoms with Crippen molar-refractivity contribution in [1.82, 2.24) is 5.32 Å². The second-order valence-electron chi connectivity index (χ2n) is 5.81. The van der Waals surface area contributed by atoms with Crippen LogP contribution in [0.1, 0.15) is 33.6 Å². The first-order valence-electron chi connectivity index (χ1n) is 7.38. The van der Waals surface area contributed by atoms with Gasteiger partial charge in [-0.25, -0.2) is 0 Å². The summed E-state index contributed by atoms with van der Waals surface area (Å²) >= 11 is 2.46. The van der Waals surface area contributed by atoms with Gasteiger partial charge < -0.3 is 10.2 Å². The first kappa shape index (κ1) is 15.1. The molecule has 1 aliphatic heterocycles. The molecule has 1 aromatic carbocycles. The molecule has 106 valence electrons. The van der Waals surface area contributed by atoms with Crippen LogP contribution in [0.2, 0.25) is 0 Å². The molecule has 0 bridgehead atoms. The minimum absolute atomic E-state index is 0.601. The average molecular weight is 372 g/mol. The lowest BCUT2D eigenvalue weighted by atomic mass is 9.96. The van der Waals surface area contributed by atoms with E-state index in [0.717, 1.165) is 13.1 Å². The lowest BCUT2D eigenvalue weighted by Crippen LogP contribution is -2.58. The van der Waals surface area contributed by atoms with E-state index in [2.05, 4.69) is 77.8 Å². The Kier molecular flexibility index (Phi) is 5.51. The normalized spacial score (nSPS) is 23.9. The Labute approximate surface area is 131 Å². The highest BCUT2D eigenvalue weighted by atomic mass is 127. The summed E-state index contributed by atoms with van der Waals surface area (Å²) in [4.78, 5) is 2.63. The molecule has 3 heteroatoms. The highest BCUT2D eigenvalue weighted by molar-refractivity contribution is 14.1. The van der Waals surface area contributed by atoms with Crippen molar-refractivity contribution in [3.63, 3.8) is 0 Å². The van der Waals surface area contributed by atoms with Gasteiger partial charge in [0.2, 0.25) is 0 Å². The number of nitrogens with one attached hydrogen (secondary N) is 1. The van der Waals surface area contributed by atoms with Crippen molar-refractivity contribution >= 4 is 28.3 Å². The third-order valence-corrected chi connectivity index (χ3v) is 4.91. The molecule has 1 aliphatic rings. The van der Waals surface area contributed by atoms with Crippen LogP contribution >= 0.6 is 22.6 Å². The zero-order chi connectivity index (χ0) is 13.8. The maximum atomic E-state index is 3.73. The largest absolute Gasteiger partial charge is 0.365 e. The molecule has 1 aromatic rings. The molecule has 2 unspecified atom stereocenters. The fourth-order valence-corrected chi connectivity index (χ4v) is 3.63. The van der Waals surface area contributed by atoms with Crippen molar-refractivity contribution in [3.05, 3.63) is 27.8 Å². The SMILES string of the molecule is CCCC1CN(c2ccccc2I)C(C(C)C)CN1. The van der Waals surface area contributed by atoms with Gasteiger partial charge >= 0.3 is 0 Å². The topological polar surface area (TPSA) is 15.3 Å². The number of anilines is 1. The lowest BCUT2D eigenvalue weighted by Gasteiger charge is -2.44. The molecule has 2 atom stereocenters. The molecule has 19 heavy (non-hydrogen) atoms. The van der Waals surface area contributed by atoms with Gasteiger partial charge in [-0.2, -0.15) is 0 Å². The minimum Gasteiger partial charge on any atom is -0.365 e. The molecule has 2 rings (SSSR count). The molecule has 0 saturated carbocycles. The molecule has 1 saturated heterocycles. The van der Waals surface area contributed by atoms with Crippen LogP contribution < -0.4 is 10.2 Å². The number of para-hydroxylation sites is 1. The minimum atomic E-state index is 0.601. The van der Waals surface area contributed by atoms with Crippen molar-refractivity contribution < 1.29 is 0 Å². The van der Waals surface area contributed by atoms with Crippen LogP contribution in [0, 0.1) is 9.49 Å². The Balaban J connectivity index is 2.23. The maximum Gasteiger partial charge on any atom is 0.0505 e. The summed E-state index contributed by atoms with van der Waals surface area (Å²) in [5, 5.41) is 3.73. The lowest BCUT2D eigenvalue weighted by molar-refractivity contribution is 0.327. The summed E-state index contributed by atoms with van der Waals surface area (Å²) in [6, 6.07) is 10.0. The Hall–Kier alpha value is -0.290. The van der Waals surface area contributed by atoms with E-state index >= 15 is 0 Å². The number of benzene rings is 1. The van der Waals surface area contributed by atoms with Gasteiger partial charge in [0.05, 0.1) is 5.69 Å². The summed E-state index contributed by atoms with van der Waals surface area (Å²) in [5.41, 5.74) is 1.41. The van der Waals surface area contributed by atoms with Gasteiger partial charge in [-0.1, -0.05) is 39.3 Å². The molecular formula is C16H25IN2. The number of rotatable bonds is 4. The zero-order valence-electron chi connectivity index (χ0n) is 12.2. The first-order chi connectivity index (χ1) is 9.13. The van der Waals surface area contributed by atoms with Crippen molar-refractivity contribution in [2.45, 2.75) is 45.7 Å². The second-order valence-corrected chi connectivity index (χ2v) is 6.97. The van der Waals surface area contributed by atoms with Gasteiger partial charge in [0.1, 0.15) is 0 Å². The Morgan fingerprint density at radius 2 is 2.11 bits per heavy atom. The third kappa shape index (κ3) is 3.63. The van der Waals surface area contributed by atoms with Crippen LogP contribution in [-0.2, 0) is 0 Å². The zero-order valence-corrected chi connectivity index (χ0v) is 14.4. The van der Waals surface area contributed by atoms with Crippen LogP contribution in [-0.4, -0.2) is 25.2 Å². The predicted molar refractivity (Wildman–Crippen MR) is 91.8 cm³/mol. The standard InChI is InChI=1S/C16H25IN2/c1-4-7-13-11-19(16(10-18-13)12(2)3)15-9-6-5-8-14(15)17/h5-6,8-9,12-13,16,18H,4,7,10-11H2,1-3H3. The van der Waals surface area contributed by atoms with Gasteiger partial charge in [0, 0.05) is 28.7 Å². The monoisotopic (exact) mass is 372 g/mol. The smallest absolute Gasteiger partial charge is 0.0505 e. The van der Waals surface area contributed by atoms with E-state index in [4.69, 9.17) is 0 Å². The quantitative estimate of drug-likeness (QED) is 0.807. The van der Waals surface area contributed by atoms with E-state index in [-0.39, 0.29) is 0 Å². The van der Waals surface area contributed by atoms with Gasteiger partial charge in [0.25, 0.3) is 0 Å². The van der Waals surface area contributed by atoms with E-state index < -0.39 is 0 Å². The van der Waals surface area contributed by atoms with Crippen LogP contribution in [0.5, 0.6) is 0 Å². The van der Waals surface area contributed by atoms with Crippen molar-refractivity contribution in [1.29, 1.82) is 0 Å². The summed E-state index contributed by atoms with van der Waals surface area (Å²) < 4.78 is 1.36. The van der Waals surface area contributed by atoms with E-state index in [9.17, 15) is 0 Å². The molecule has 0 radical (unpaired) electrons. The fraction of sp³-hybridized carbons (Fsp3) is 0.625. The van der Waals surface area contributed by atoms with Gasteiger partial charge in [-0.15, -0.1) is 0 Å². The van der Waals surface area contributed by atoms with E-state index in [1.165, 1.54) is 22.1 Å². The Bertz CT molecular complexity index is 405. The van der Waals surface area contributed by atoms with Crippen LogP contribution in [0.3, 0.4) is 0 Å². The highest BCUT2D eigenvalue weighted by Crippen LogP contribution is 2.28.